The molecular weight excluding hydrogens is 410 g/mol. The van der Waals surface area contributed by atoms with Crippen molar-refractivity contribution in [1.29, 1.82) is 0 Å². The van der Waals surface area contributed by atoms with Gasteiger partial charge in [-0.05, 0) is 38.0 Å². The predicted octanol–water partition coefficient (Wildman–Crippen LogP) is 5.08. The minimum Gasteiger partial charge on any atom is -0.497 e. The van der Waals surface area contributed by atoms with Gasteiger partial charge in [0.15, 0.2) is 0 Å². The van der Waals surface area contributed by atoms with Gasteiger partial charge in [-0.15, -0.1) is 11.3 Å². The number of urea groups is 1. The van der Waals surface area contributed by atoms with Gasteiger partial charge in [0.25, 0.3) is 0 Å². The summed E-state index contributed by atoms with van der Waals surface area (Å²) in [4.78, 5) is 19.9. The van der Waals surface area contributed by atoms with Gasteiger partial charge in [-0.25, -0.2) is 9.78 Å². The summed E-state index contributed by atoms with van der Waals surface area (Å²) in [7, 11) is 3.18. The van der Waals surface area contributed by atoms with E-state index in [1.807, 2.05) is 16.5 Å². The molecular formula is C24H27N3O3S. The van der Waals surface area contributed by atoms with Crippen molar-refractivity contribution in [3.05, 3.63) is 70.2 Å². The molecule has 0 aliphatic carbocycles. The maximum Gasteiger partial charge on any atom is 0.322 e. The number of benzene rings is 2. The molecule has 1 fully saturated rings. The van der Waals surface area contributed by atoms with E-state index in [4.69, 9.17) is 9.47 Å². The van der Waals surface area contributed by atoms with Crippen molar-refractivity contribution in [1.82, 2.24) is 9.88 Å². The van der Waals surface area contributed by atoms with Gasteiger partial charge in [0.05, 0.1) is 25.3 Å². The topological polar surface area (TPSA) is 63.7 Å². The van der Waals surface area contributed by atoms with Gasteiger partial charge >= 0.3 is 6.03 Å². The molecule has 0 saturated carbocycles. The molecule has 4 rings (SSSR count). The van der Waals surface area contributed by atoms with Crippen molar-refractivity contribution >= 4 is 23.1 Å². The van der Waals surface area contributed by atoms with Crippen molar-refractivity contribution in [2.45, 2.75) is 31.7 Å². The minimum absolute atomic E-state index is 0.0713. The van der Waals surface area contributed by atoms with Gasteiger partial charge in [-0.3, -0.25) is 0 Å². The third kappa shape index (κ3) is 3.74. The second-order valence-electron chi connectivity index (χ2n) is 7.79. The molecule has 7 heteroatoms. The van der Waals surface area contributed by atoms with Crippen LogP contribution in [0, 0.1) is 6.92 Å². The highest BCUT2D eigenvalue weighted by molar-refractivity contribution is 7.09. The van der Waals surface area contributed by atoms with Crippen LogP contribution >= 0.6 is 11.3 Å². The van der Waals surface area contributed by atoms with E-state index in [0.717, 1.165) is 11.4 Å². The zero-order chi connectivity index (χ0) is 22.0. The average molecular weight is 438 g/mol. The number of aromatic nitrogens is 1. The number of carbonyl (C=O) groups is 1. The first-order valence-electron chi connectivity index (χ1n) is 10.3. The first kappa shape index (κ1) is 21.2. The molecule has 31 heavy (non-hydrogen) atoms. The first-order chi connectivity index (χ1) is 15.0. The van der Waals surface area contributed by atoms with E-state index in [2.05, 4.69) is 48.4 Å². The quantitative estimate of drug-likeness (QED) is 0.605. The van der Waals surface area contributed by atoms with Crippen molar-refractivity contribution in [3.63, 3.8) is 0 Å². The summed E-state index contributed by atoms with van der Waals surface area (Å²) in [5, 5.41) is 6.06. The molecule has 2 atom stereocenters. The highest BCUT2D eigenvalue weighted by Gasteiger charge is 2.50. The second kappa shape index (κ2) is 8.59. The third-order valence-corrected chi connectivity index (χ3v) is 7.17. The maximum atomic E-state index is 13.3. The molecule has 1 saturated heterocycles. The molecule has 0 spiro atoms. The van der Waals surface area contributed by atoms with Crippen LogP contribution in [0.25, 0.3) is 0 Å². The molecule has 6 nitrogen and oxygen atoms in total. The second-order valence-corrected chi connectivity index (χ2v) is 8.68. The predicted molar refractivity (Wildman–Crippen MR) is 123 cm³/mol. The molecule has 2 aromatic carbocycles. The standard InChI is InChI=1S/C24H27N3O3S/c1-16-5-7-18(8-6-16)24(22-25-12-14-31-22)11-13-27(17(24)2)23(28)26-20-15-19(29-3)9-10-21(20)30-4/h5-10,12,14-15,17H,11,13H2,1-4H3,(H,26,28). The van der Waals surface area contributed by atoms with E-state index in [1.165, 1.54) is 11.1 Å². The lowest BCUT2D eigenvalue weighted by Crippen LogP contribution is -2.45. The zero-order valence-electron chi connectivity index (χ0n) is 18.2. The number of aryl methyl sites for hydroxylation is 1. The summed E-state index contributed by atoms with van der Waals surface area (Å²) < 4.78 is 10.7. The fourth-order valence-electron chi connectivity index (χ4n) is 4.43. The van der Waals surface area contributed by atoms with Crippen LogP contribution < -0.4 is 14.8 Å². The highest BCUT2D eigenvalue weighted by atomic mass is 32.1. The van der Waals surface area contributed by atoms with E-state index >= 15 is 0 Å². The molecule has 0 bridgehead atoms. The van der Waals surface area contributed by atoms with Gasteiger partial charge in [0, 0.05) is 30.2 Å². The number of anilines is 1. The summed E-state index contributed by atoms with van der Waals surface area (Å²) in [5.74, 6) is 1.24. The number of ether oxygens (including phenoxy) is 2. The van der Waals surface area contributed by atoms with Crippen molar-refractivity contribution in [3.8, 4) is 11.5 Å². The van der Waals surface area contributed by atoms with Gasteiger partial charge in [0.2, 0.25) is 0 Å². The number of likely N-dealkylation sites (tertiary alicyclic amines) is 1. The number of carbonyl (C=O) groups excluding carboxylic acids is 1. The van der Waals surface area contributed by atoms with E-state index in [1.54, 1.807) is 43.8 Å². The van der Waals surface area contributed by atoms with Crippen LogP contribution in [0.4, 0.5) is 10.5 Å². The Kier molecular flexibility index (Phi) is 5.87. The van der Waals surface area contributed by atoms with Gasteiger partial charge < -0.3 is 19.7 Å². The molecule has 2 amide bonds. The number of nitrogens with one attached hydrogen (secondary N) is 1. The summed E-state index contributed by atoms with van der Waals surface area (Å²) in [5.41, 5.74) is 2.65. The van der Waals surface area contributed by atoms with E-state index in [-0.39, 0.29) is 17.5 Å². The summed E-state index contributed by atoms with van der Waals surface area (Å²) in [6.07, 6.45) is 2.65. The van der Waals surface area contributed by atoms with Crippen molar-refractivity contribution < 1.29 is 14.3 Å². The van der Waals surface area contributed by atoms with E-state index in [0.29, 0.717) is 23.7 Å². The molecule has 0 radical (unpaired) electrons. The molecule has 1 aromatic heterocycles. The van der Waals surface area contributed by atoms with Crippen LogP contribution in [-0.4, -0.2) is 42.7 Å². The van der Waals surface area contributed by atoms with E-state index < -0.39 is 0 Å². The van der Waals surface area contributed by atoms with Crippen molar-refractivity contribution in [2.75, 3.05) is 26.1 Å². The summed E-state index contributed by atoms with van der Waals surface area (Å²) >= 11 is 1.64. The Morgan fingerprint density at radius 3 is 2.61 bits per heavy atom. The number of methoxy groups -OCH3 is 2. The molecule has 3 aromatic rings. The van der Waals surface area contributed by atoms with Crippen LogP contribution in [0.15, 0.2) is 54.0 Å². The van der Waals surface area contributed by atoms with Crippen LogP contribution in [0.2, 0.25) is 0 Å². The monoisotopic (exact) mass is 437 g/mol. The number of thiazole rings is 1. The fraction of sp³-hybridized carbons (Fsp3) is 0.333. The first-order valence-corrected chi connectivity index (χ1v) is 11.1. The molecule has 1 N–H and O–H groups in total. The lowest BCUT2D eigenvalue weighted by Gasteiger charge is -2.35. The highest BCUT2D eigenvalue weighted by Crippen LogP contribution is 2.46. The normalized spacial score (nSPS) is 20.5. The SMILES string of the molecule is COc1ccc(OC)c(NC(=O)N2CCC(c3ccc(C)cc3)(c3nccs3)C2C)c1. The molecule has 162 valence electrons. The maximum absolute atomic E-state index is 13.3. The Labute approximate surface area is 186 Å². The Bertz CT molecular complexity index is 1050. The molecule has 1 aliphatic heterocycles. The van der Waals surface area contributed by atoms with Crippen LogP contribution in [-0.2, 0) is 5.41 Å². The minimum atomic E-state index is -0.336. The third-order valence-electron chi connectivity index (χ3n) is 6.22. The zero-order valence-corrected chi connectivity index (χ0v) is 19.0. The van der Waals surface area contributed by atoms with Crippen LogP contribution in [0.1, 0.15) is 29.5 Å². The molecule has 1 aliphatic rings. The van der Waals surface area contributed by atoms with Gasteiger partial charge in [-0.1, -0.05) is 29.8 Å². The largest absolute Gasteiger partial charge is 0.497 e. The number of hydrogen-bond acceptors (Lipinski definition) is 5. The van der Waals surface area contributed by atoms with Crippen LogP contribution in [0.5, 0.6) is 11.5 Å². The Balaban J connectivity index is 1.66. The summed E-state index contributed by atoms with van der Waals surface area (Å²) in [6.45, 7) is 4.82. The smallest absolute Gasteiger partial charge is 0.322 e. The fourth-order valence-corrected chi connectivity index (χ4v) is 5.40. The van der Waals surface area contributed by atoms with Gasteiger partial charge in [-0.2, -0.15) is 0 Å². The Morgan fingerprint density at radius 1 is 1.19 bits per heavy atom. The van der Waals surface area contributed by atoms with Gasteiger partial charge in [0.1, 0.15) is 16.5 Å². The number of rotatable bonds is 5. The Morgan fingerprint density at radius 2 is 1.97 bits per heavy atom. The van der Waals surface area contributed by atoms with Crippen molar-refractivity contribution in [2.24, 2.45) is 0 Å². The number of amides is 2. The van der Waals surface area contributed by atoms with E-state index in [9.17, 15) is 4.79 Å². The van der Waals surface area contributed by atoms with Crippen LogP contribution in [0.3, 0.4) is 0 Å². The summed E-state index contributed by atoms with van der Waals surface area (Å²) in [6, 6.07) is 13.7. The lowest BCUT2D eigenvalue weighted by molar-refractivity contribution is 0.202. The number of hydrogen-bond donors (Lipinski definition) is 1. The Hall–Kier alpha value is -3.06. The lowest BCUT2D eigenvalue weighted by atomic mass is 9.75. The average Bonchev–Trinajstić information content (AvgIpc) is 3.43. The molecule has 2 heterocycles. The number of nitrogens with zero attached hydrogens (tertiary/aromatic N) is 2. The molecule has 2 unspecified atom stereocenters.